The maximum atomic E-state index is 12.4. The number of halogens is 1. The number of benzene rings is 1. The molecule has 8 nitrogen and oxygen atoms in total. The molecule has 0 bridgehead atoms. The Bertz CT molecular complexity index is 701. The Labute approximate surface area is 126 Å². The van der Waals surface area contributed by atoms with Crippen molar-refractivity contribution >= 4 is 33.3 Å². The van der Waals surface area contributed by atoms with Crippen LogP contribution in [0, 0.1) is 10.1 Å². The molecular formula is C11H13ClN2O6S. The van der Waals surface area contributed by atoms with Crippen molar-refractivity contribution in [3.8, 4) is 0 Å². The first kappa shape index (κ1) is 17.3. The van der Waals surface area contributed by atoms with Gasteiger partial charge in [0.2, 0.25) is 10.0 Å². The Morgan fingerprint density at radius 2 is 1.95 bits per heavy atom. The number of sulfonamides is 1. The fourth-order valence-corrected chi connectivity index (χ4v) is 3.38. The topological polar surface area (TPSA) is 118 Å². The number of carbonyl (C=O) groups is 1. The predicted octanol–water partition coefficient (Wildman–Crippen LogP) is 1.73. The van der Waals surface area contributed by atoms with Crippen LogP contribution in [0.2, 0.25) is 5.02 Å². The summed E-state index contributed by atoms with van der Waals surface area (Å²) in [7, 11) is -3.12. The van der Waals surface area contributed by atoms with Crippen LogP contribution in [0.4, 0.5) is 5.69 Å². The molecule has 0 saturated carbocycles. The van der Waals surface area contributed by atoms with Gasteiger partial charge in [-0.1, -0.05) is 11.6 Å². The van der Waals surface area contributed by atoms with E-state index in [1.165, 1.54) is 13.8 Å². The van der Waals surface area contributed by atoms with Gasteiger partial charge in [0.1, 0.15) is 10.4 Å². The van der Waals surface area contributed by atoms with E-state index in [-0.39, 0.29) is 10.7 Å². The van der Waals surface area contributed by atoms with Gasteiger partial charge in [-0.25, -0.2) is 8.42 Å². The summed E-state index contributed by atoms with van der Waals surface area (Å²) in [5, 5.41) is 19.3. The summed E-state index contributed by atoms with van der Waals surface area (Å²) in [6.07, 6.45) is 0. The fourth-order valence-electron chi connectivity index (χ4n) is 1.40. The lowest BCUT2D eigenvalue weighted by Crippen LogP contribution is -2.50. The Morgan fingerprint density at radius 1 is 1.43 bits per heavy atom. The van der Waals surface area contributed by atoms with Gasteiger partial charge in [0.25, 0.3) is 5.69 Å². The predicted molar refractivity (Wildman–Crippen MR) is 74.8 cm³/mol. The van der Waals surface area contributed by atoms with Crippen LogP contribution in [0.25, 0.3) is 0 Å². The highest BCUT2D eigenvalue weighted by Gasteiger charge is 2.41. The quantitative estimate of drug-likeness (QED) is 0.646. The summed E-state index contributed by atoms with van der Waals surface area (Å²) < 4.78 is 25.4. The molecule has 0 atom stereocenters. The molecule has 0 amide bonds. The number of non-ortho nitro benzene ring substituents is 1. The van der Waals surface area contributed by atoms with Crippen LogP contribution in [-0.4, -0.2) is 41.3 Å². The van der Waals surface area contributed by atoms with Gasteiger partial charge in [-0.2, -0.15) is 4.31 Å². The number of carboxylic acid groups (broad SMARTS) is 1. The van der Waals surface area contributed by atoms with Gasteiger partial charge >= 0.3 is 5.97 Å². The first-order valence-electron chi connectivity index (χ1n) is 5.58. The number of hydrogen-bond donors (Lipinski definition) is 1. The molecule has 0 unspecified atom stereocenters. The second-order valence-electron chi connectivity index (χ2n) is 4.71. The summed E-state index contributed by atoms with van der Waals surface area (Å²) in [6, 6.07) is 2.86. The van der Waals surface area contributed by atoms with E-state index >= 15 is 0 Å². The Hall–Kier alpha value is -1.71. The number of hydrogen-bond acceptors (Lipinski definition) is 5. The van der Waals surface area contributed by atoms with Crippen molar-refractivity contribution in [2.45, 2.75) is 24.3 Å². The molecule has 0 aliphatic heterocycles. The van der Waals surface area contributed by atoms with E-state index < -0.39 is 31.4 Å². The number of likely N-dealkylation sites (N-methyl/N-ethyl adjacent to an activating group) is 1. The minimum absolute atomic E-state index is 0.350. The van der Waals surface area contributed by atoms with E-state index in [4.69, 9.17) is 16.7 Å². The van der Waals surface area contributed by atoms with Crippen LogP contribution in [0.1, 0.15) is 13.8 Å². The average Bonchev–Trinajstić information content (AvgIpc) is 2.36. The van der Waals surface area contributed by atoms with E-state index in [1.54, 1.807) is 0 Å². The Balaban J connectivity index is 3.39. The number of aliphatic carboxylic acids is 1. The molecule has 0 saturated heterocycles. The first-order chi connectivity index (χ1) is 9.42. The molecule has 0 heterocycles. The molecule has 1 aromatic rings. The zero-order valence-electron chi connectivity index (χ0n) is 11.4. The normalized spacial score (nSPS) is 12.4. The average molecular weight is 337 g/mol. The standard InChI is InChI=1S/C11H13ClN2O6S/c1-11(2,10(15)16)13(3)21(19,20)9-5-4-7(14(17)18)6-8(9)12/h4-6H,1-3H3,(H,15,16). The van der Waals surface area contributed by atoms with Crippen LogP contribution in [0.5, 0.6) is 0 Å². The van der Waals surface area contributed by atoms with Gasteiger partial charge in [-0.15, -0.1) is 0 Å². The van der Waals surface area contributed by atoms with E-state index in [2.05, 4.69) is 0 Å². The molecular weight excluding hydrogens is 324 g/mol. The highest BCUT2D eigenvalue weighted by Crippen LogP contribution is 2.30. The summed E-state index contributed by atoms with van der Waals surface area (Å²) in [5.74, 6) is -1.34. The monoisotopic (exact) mass is 336 g/mol. The van der Waals surface area contributed by atoms with Gasteiger partial charge in [-0.05, 0) is 19.9 Å². The molecule has 0 radical (unpaired) electrons. The van der Waals surface area contributed by atoms with Crippen molar-refractivity contribution in [3.05, 3.63) is 33.3 Å². The molecule has 0 spiro atoms. The van der Waals surface area contributed by atoms with E-state index in [0.29, 0.717) is 4.31 Å². The summed E-state index contributed by atoms with van der Waals surface area (Å²) in [5.41, 5.74) is -2.07. The third-order valence-corrected chi connectivity index (χ3v) is 5.59. The largest absolute Gasteiger partial charge is 0.480 e. The molecule has 1 aromatic carbocycles. The third kappa shape index (κ3) is 3.14. The molecule has 0 fully saturated rings. The number of nitrogens with zero attached hydrogens (tertiary/aromatic N) is 2. The Morgan fingerprint density at radius 3 is 2.33 bits per heavy atom. The second kappa shape index (κ2) is 5.58. The van der Waals surface area contributed by atoms with Gasteiger partial charge in [0, 0.05) is 19.2 Å². The number of nitro benzene ring substituents is 1. The van der Waals surface area contributed by atoms with Crippen LogP contribution < -0.4 is 0 Å². The molecule has 0 aromatic heterocycles. The minimum atomic E-state index is -4.22. The molecule has 0 aliphatic rings. The van der Waals surface area contributed by atoms with Gasteiger partial charge < -0.3 is 5.11 Å². The van der Waals surface area contributed by atoms with Gasteiger partial charge in [0.05, 0.1) is 9.95 Å². The van der Waals surface area contributed by atoms with Crippen molar-refractivity contribution in [1.82, 2.24) is 4.31 Å². The molecule has 1 N–H and O–H groups in total. The number of carboxylic acids is 1. The van der Waals surface area contributed by atoms with Gasteiger partial charge in [-0.3, -0.25) is 14.9 Å². The molecule has 21 heavy (non-hydrogen) atoms. The number of rotatable bonds is 5. The van der Waals surface area contributed by atoms with Crippen molar-refractivity contribution in [3.63, 3.8) is 0 Å². The van der Waals surface area contributed by atoms with E-state index in [0.717, 1.165) is 25.2 Å². The summed E-state index contributed by atoms with van der Waals surface area (Å²) in [4.78, 5) is 20.6. The SMILES string of the molecule is CN(C(C)(C)C(=O)O)S(=O)(=O)c1ccc([N+](=O)[O-])cc1Cl. The van der Waals surface area contributed by atoms with Crippen LogP contribution in [0.3, 0.4) is 0 Å². The summed E-state index contributed by atoms with van der Waals surface area (Å²) in [6.45, 7) is 2.43. The highest BCUT2D eigenvalue weighted by molar-refractivity contribution is 7.89. The number of nitro groups is 1. The lowest BCUT2D eigenvalue weighted by atomic mass is 10.1. The molecule has 10 heteroatoms. The van der Waals surface area contributed by atoms with Crippen LogP contribution in [0.15, 0.2) is 23.1 Å². The Kier molecular flexibility index (Phi) is 4.61. The smallest absolute Gasteiger partial charge is 0.324 e. The second-order valence-corrected chi connectivity index (χ2v) is 7.05. The molecule has 116 valence electrons. The fraction of sp³-hybridized carbons (Fsp3) is 0.364. The zero-order valence-corrected chi connectivity index (χ0v) is 13.0. The minimum Gasteiger partial charge on any atom is -0.480 e. The molecule has 0 aliphatic carbocycles. The van der Waals surface area contributed by atoms with Crippen LogP contribution >= 0.6 is 11.6 Å². The lowest BCUT2D eigenvalue weighted by molar-refractivity contribution is -0.384. The van der Waals surface area contributed by atoms with E-state index in [1.807, 2.05) is 0 Å². The third-order valence-electron chi connectivity index (χ3n) is 3.08. The maximum absolute atomic E-state index is 12.4. The molecule has 1 rings (SSSR count). The first-order valence-corrected chi connectivity index (χ1v) is 7.40. The van der Waals surface area contributed by atoms with Crippen molar-refractivity contribution < 1.29 is 23.2 Å². The van der Waals surface area contributed by atoms with E-state index in [9.17, 15) is 23.3 Å². The highest BCUT2D eigenvalue weighted by atomic mass is 35.5. The lowest BCUT2D eigenvalue weighted by Gasteiger charge is -2.30. The zero-order chi connectivity index (χ0) is 16.6. The van der Waals surface area contributed by atoms with Gasteiger partial charge in [0.15, 0.2) is 0 Å². The summed E-state index contributed by atoms with van der Waals surface area (Å²) >= 11 is 5.77. The van der Waals surface area contributed by atoms with Crippen LogP contribution in [-0.2, 0) is 14.8 Å². The maximum Gasteiger partial charge on any atom is 0.324 e. The van der Waals surface area contributed by atoms with Crippen molar-refractivity contribution in [2.24, 2.45) is 0 Å². The van der Waals surface area contributed by atoms with Crippen molar-refractivity contribution in [2.75, 3.05) is 7.05 Å². The van der Waals surface area contributed by atoms with Crippen molar-refractivity contribution in [1.29, 1.82) is 0 Å².